The van der Waals surface area contributed by atoms with Crippen LogP contribution in [0.4, 0.5) is 5.13 Å². The summed E-state index contributed by atoms with van der Waals surface area (Å²) in [6.07, 6.45) is 3.18. The quantitative estimate of drug-likeness (QED) is 0.903. The van der Waals surface area contributed by atoms with E-state index in [4.69, 9.17) is 0 Å². The Kier molecular flexibility index (Phi) is 5.48. The molecule has 23 heavy (non-hydrogen) atoms. The normalized spacial score (nSPS) is 23.8. The van der Waals surface area contributed by atoms with Crippen LogP contribution in [-0.4, -0.2) is 59.4 Å². The monoisotopic (exact) mass is 337 g/mol. The fraction of sp³-hybridized carbons (Fsp3) is 0.812. The Hall–Kier alpha value is -1.21. The predicted molar refractivity (Wildman–Crippen MR) is 92.8 cm³/mol. The maximum atomic E-state index is 12.6. The maximum Gasteiger partial charge on any atom is 0.222 e. The van der Waals surface area contributed by atoms with Crippen molar-refractivity contribution in [1.82, 2.24) is 19.6 Å². The van der Waals surface area contributed by atoms with Crippen LogP contribution in [0.1, 0.15) is 32.0 Å². The first-order chi connectivity index (χ1) is 11.1. The number of carbonyl (C=O) groups excluding carboxylic acids is 1. The number of aryl methyl sites for hydroxylation is 1. The van der Waals surface area contributed by atoms with Gasteiger partial charge in [0.25, 0.3) is 0 Å². The number of anilines is 1. The molecule has 1 aromatic rings. The number of piperidine rings is 1. The lowest BCUT2D eigenvalue weighted by atomic mass is 9.85. The van der Waals surface area contributed by atoms with Crippen LogP contribution in [0.2, 0.25) is 0 Å². The molecule has 1 N–H and O–H groups in total. The lowest BCUT2D eigenvalue weighted by Crippen LogP contribution is -2.49. The summed E-state index contributed by atoms with van der Waals surface area (Å²) in [6.45, 7) is 9.67. The topological polar surface area (TPSA) is 61.4 Å². The minimum Gasteiger partial charge on any atom is -0.343 e. The molecule has 6 nitrogen and oxygen atoms in total. The highest BCUT2D eigenvalue weighted by molar-refractivity contribution is 7.09. The highest BCUT2D eigenvalue weighted by Gasteiger charge is 2.27. The van der Waals surface area contributed by atoms with E-state index >= 15 is 0 Å². The Labute approximate surface area is 142 Å². The van der Waals surface area contributed by atoms with Gasteiger partial charge in [-0.25, -0.2) is 4.98 Å². The molecule has 2 saturated heterocycles. The molecule has 128 valence electrons. The van der Waals surface area contributed by atoms with Crippen LogP contribution >= 0.6 is 11.5 Å². The fourth-order valence-corrected chi connectivity index (χ4v) is 4.22. The molecule has 3 rings (SSSR count). The van der Waals surface area contributed by atoms with Gasteiger partial charge in [-0.1, -0.05) is 6.92 Å². The van der Waals surface area contributed by atoms with Crippen LogP contribution < -0.4 is 10.2 Å². The summed E-state index contributed by atoms with van der Waals surface area (Å²) >= 11 is 1.45. The maximum absolute atomic E-state index is 12.6. The van der Waals surface area contributed by atoms with Crippen molar-refractivity contribution in [3.05, 3.63) is 5.82 Å². The molecule has 2 atom stereocenters. The van der Waals surface area contributed by atoms with Crippen molar-refractivity contribution in [3.8, 4) is 0 Å². The van der Waals surface area contributed by atoms with Crippen LogP contribution in [0, 0.1) is 18.8 Å². The Balaban J connectivity index is 1.46. The third-order valence-electron chi connectivity index (χ3n) is 5.06. The number of rotatable bonds is 4. The van der Waals surface area contributed by atoms with Gasteiger partial charge in [-0.15, -0.1) is 0 Å². The summed E-state index contributed by atoms with van der Waals surface area (Å²) in [5.41, 5.74) is 0. The summed E-state index contributed by atoms with van der Waals surface area (Å²) < 4.78 is 4.24. The van der Waals surface area contributed by atoms with E-state index in [-0.39, 0.29) is 0 Å². The van der Waals surface area contributed by atoms with Gasteiger partial charge in [0.15, 0.2) is 0 Å². The van der Waals surface area contributed by atoms with Crippen LogP contribution in [0.25, 0.3) is 0 Å². The number of hydrogen-bond acceptors (Lipinski definition) is 6. The number of aromatic nitrogens is 2. The van der Waals surface area contributed by atoms with E-state index in [9.17, 15) is 4.79 Å². The molecule has 7 heteroatoms. The van der Waals surface area contributed by atoms with Gasteiger partial charge in [0.1, 0.15) is 5.82 Å². The van der Waals surface area contributed by atoms with Gasteiger partial charge >= 0.3 is 0 Å². The van der Waals surface area contributed by atoms with Crippen LogP contribution in [-0.2, 0) is 4.79 Å². The number of nitrogens with zero attached hydrogens (tertiary/aromatic N) is 4. The van der Waals surface area contributed by atoms with Gasteiger partial charge in [-0.2, -0.15) is 4.37 Å². The summed E-state index contributed by atoms with van der Waals surface area (Å²) in [4.78, 5) is 21.3. The lowest BCUT2D eigenvalue weighted by Gasteiger charge is -2.36. The molecular weight excluding hydrogens is 310 g/mol. The van der Waals surface area contributed by atoms with Gasteiger partial charge in [-0.3, -0.25) is 4.79 Å². The van der Waals surface area contributed by atoms with E-state index < -0.39 is 0 Å². The SMILES string of the molecule is Cc1nsc(N2CCN(C(=O)CC(C)C3CCCNC3)CC2)n1. The Bertz CT molecular complexity index is 520. The van der Waals surface area contributed by atoms with Crippen molar-refractivity contribution >= 4 is 22.6 Å². The summed E-state index contributed by atoms with van der Waals surface area (Å²) in [7, 11) is 0. The van der Waals surface area contributed by atoms with Gasteiger partial charge in [0.2, 0.25) is 11.0 Å². The average molecular weight is 337 g/mol. The third-order valence-corrected chi connectivity index (χ3v) is 5.92. The molecule has 0 aliphatic carbocycles. The van der Waals surface area contributed by atoms with Crippen molar-refractivity contribution in [2.24, 2.45) is 11.8 Å². The molecular formula is C16H27N5OS. The fourth-order valence-electron chi connectivity index (χ4n) is 3.50. The average Bonchev–Trinajstić information content (AvgIpc) is 3.02. The molecule has 0 radical (unpaired) electrons. The first-order valence-corrected chi connectivity index (χ1v) is 9.44. The first kappa shape index (κ1) is 16.6. The second-order valence-corrected chi connectivity index (χ2v) is 7.51. The van der Waals surface area contributed by atoms with E-state index in [1.807, 2.05) is 11.8 Å². The molecule has 2 aliphatic heterocycles. The highest BCUT2D eigenvalue weighted by Crippen LogP contribution is 2.24. The molecule has 3 heterocycles. The smallest absolute Gasteiger partial charge is 0.222 e. The number of nitrogens with one attached hydrogen (secondary N) is 1. The van der Waals surface area contributed by atoms with Crippen molar-refractivity contribution in [1.29, 1.82) is 0 Å². The largest absolute Gasteiger partial charge is 0.343 e. The zero-order chi connectivity index (χ0) is 16.2. The standard InChI is InChI=1S/C16H27N5OS/c1-12(14-4-3-5-17-11-14)10-15(22)20-6-8-21(9-7-20)16-18-13(2)19-23-16/h12,14,17H,3-11H2,1-2H3. The molecule has 2 aliphatic rings. The highest BCUT2D eigenvalue weighted by atomic mass is 32.1. The predicted octanol–water partition coefficient (Wildman–Crippen LogP) is 1.52. The molecule has 0 spiro atoms. The molecule has 1 aromatic heterocycles. The Morgan fingerprint density at radius 3 is 2.78 bits per heavy atom. The van der Waals surface area contributed by atoms with E-state index in [1.165, 1.54) is 24.4 Å². The minimum absolute atomic E-state index is 0.316. The van der Waals surface area contributed by atoms with Gasteiger partial charge in [0, 0.05) is 44.1 Å². The van der Waals surface area contributed by atoms with Crippen molar-refractivity contribution in [3.63, 3.8) is 0 Å². The van der Waals surface area contributed by atoms with Gasteiger partial charge < -0.3 is 15.1 Å². The first-order valence-electron chi connectivity index (χ1n) is 8.67. The second kappa shape index (κ2) is 7.57. The molecule has 0 aromatic carbocycles. The van der Waals surface area contributed by atoms with E-state index in [1.54, 1.807) is 0 Å². The Morgan fingerprint density at radius 2 is 2.17 bits per heavy atom. The second-order valence-electron chi connectivity index (χ2n) is 6.78. The van der Waals surface area contributed by atoms with Crippen molar-refractivity contribution in [2.45, 2.75) is 33.1 Å². The van der Waals surface area contributed by atoms with Crippen LogP contribution in [0.15, 0.2) is 0 Å². The lowest BCUT2D eigenvalue weighted by molar-refractivity contribution is -0.132. The van der Waals surface area contributed by atoms with Crippen molar-refractivity contribution in [2.75, 3.05) is 44.2 Å². The summed E-state index contributed by atoms with van der Waals surface area (Å²) in [5.74, 6) is 2.27. The van der Waals surface area contributed by atoms with Crippen LogP contribution in [0.5, 0.6) is 0 Å². The molecule has 0 saturated carbocycles. The summed E-state index contributed by atoms with van der Waals surface area (Å²) in [6, 6.07) is 0. The molecule has 1 amide bonds. The third kappa shape index (κ3) is 4.20. The number of amides is 1. The summed E-state index contributed by atoms with van der Waals surface area (Å²) in [5, 5.41) is 4.43. The Morgan fingerprint density at radius 1 is 1.39 bits per heavy atom. The van der Waals surface area contributed by atoms with E-state index in [2.05, 4.69) is 26.5 Å². The number of carbonyl (C=O) groups is 1. The zero-order valence-electron chi connectivity index (χ0n) is 14.1. The molecule has 2 fully saturated rings. The van der Waals surface area contributed by atoms with E-state index in [0.29, 0.717) is 24.2 Å². The van der Waals surface area contributed by atoms with Gasteiger partial charge in [0.05, 0.1) is 0 Å². The number of hydrogen-bond donors (Lipinski definition) is 1. The van der Waals surface area contributed by atoms with E-state index in [0.717, 1.165) is 50.2 Å². The number of piperazine rings is 1. The molecule has 0 bridgehead atoms. The molecule has 2 unspecified atom stereocenters. The van der Waals surface area contributed by atoms with Gasteiger partial charge in [-0.05, 0) is 44.7 Å². The van der Waals surface area contributed by atoms with Crippen LogP contribution in [0.3, 0.4) is 0 Å². The zero-order valence-corrected chi connectivity index (χ0v) is 14.9. The van der Waals surface area contributed by atoms with Crippen molar-refractivity contribution < 1.29 is 4.79 Å². The minimum atomic E-state index is 0.316.